The van der Waals surface area contributed by atoms with Crippen molar-refractivity contribution in [3.63, 3.8) is 0 Å². The number of phenols is 1. The van der Waals surface area contributed by atoms with Gasteiger partial charge in [-0.25, -0.2) is 0 Å². The normalized spacial score (nSPS) is 23.2. The number of carbonyl (C=O) groups is 4. The van der Waals surface area contributed by atoms with Gasteiger partial charge in [0.05, 0.1) is 5.56 Å². The Bertz CT molecular complexity index is 1610. The highest BCUT2D eigenvalue weighted by atomic mass is 16.3. The van der Waals surface area contributed by atoms with Crippen molar-refractivity contribution in [1.29, 1.82) is 0 Å². The van der Waals surface area contributed by atoms with Crippen molar-refractivity contribution in [2.24, 2.45) is 17.6 Å². The first-order valence-corrected chi connectivity index (χ1v) is 14.4. The number of amides is 2. The van der Waals surface area contributed by atoms with Crippen LogP contribution in [0.25, 0.3) is 11.1 Å². The summed E-state index contributed by atoms with van der Waals surface area (Å²) in [5.74, 6) is -7.00. The van der Waals surface area contributed by atoms with Gasteiger partial charge in [0.1, 0.15) is 22.8 Å². The molecule has 0 aromatic heterocycles. The number of benzene rings is 2. The number of aliphatic hydroxyl groups is 3. The Morgan fingerprint density at radius 1 is 1.07 bits per heavy atom. The standard InChI is InChI=1S/C32H35N3O8/c1-3-35(4-2)11-10-34-31(42)17-7-5-6-16(12-17)20-8-9-22(36)25-21(20)14-18-13-19-15-23(37)26(30(33)41)29(40)32(19,43)28(39)24(18)27(25)38/h5-9,12,18-19,36-37,39,43H,3-4,10-11,13-15H2,1-2H3,(H2,33,41)(H,34,42)/t18?,19-,32-/m0/s1. The zero-order chi connectivity index (χ0) is 31.2. The number of rotatable bonds is 8. The number of nitrogens with two attached hydrogens (primary N) is 1. The predicted octanol–water partition coefficient (Wildman–Crippen LogP) is 2.32. The van der Waals surface area contributed by atoms with E-state index in [9.17, 15) is 39.6 Å². The lowest BCUT2D eigenvalue weighted by molar-refractivity contribution is -0.144. The largest absolute Gasteiger partial charge is 0.511 e. The van der Waals surface area contributed by atoms with Crippen molar-refractivity contribution in [3.05, 3.63) is 75.8 Å². The molecule has 43 heavy (non-hydrogen) atoms. The van der Waals surface area contributed by atoms with Crippen molar-refractivity contribution in [3.8, 4) is 16.9 Å². The van der Waals surface area contributed by atoms with Crippen LogP contribution in [0.4, 0.5) is 0 Å². The minimum absolute atomic E-state index is 0.0347. The number of primary amides is 1. The van der Waals surface area contributed by atoms with Crippen LogP contribution in [-0.2, 0) is 16.0 Å². The minimum Gasteiger partial charge on any atom is -0.511 e. The molecule has 7 N–H and O–H groups in total. The van der Waals surface area contributed by atoms with Gasteiger partial charge < -0.3 is 36.4 Å². The van der Waals surface area contributed by atoms with Crippen molar-refractivity contribution in [1.82, 2.24) is 10.2 Å². The number of aliphatic hydroxyl groups excluding tert-OH is 2. The molecule has 1 unspecified atom stereocenters. The number of fused-ring (bicyclic) bond motifs is 3. The molecular formula is C32H35N3O8. The van der Waals surface area contributed by atoms with Gasteiger partial charge >= 0.3 is 0 Å². The summed E-state index contributed by atoms with van der Waals surface area (Å²) in [6.45, 7) is 7.07. The second-order valence-electron chi connectivity index (χ2n) is 11.3. The molecule has 0 fully saturated rings. The van der Waals surface area contributed by atoms with E-state index in [0.717, 1.165) is 19.6 Å². The average molecular weight is 590 g/mol. The summed E-state index contributed by atoms with van der Waals surface area (Å²) in [7, 11) is 0. The van der Waals surface area contributed by atoms with Gasteiger partial charge in [0.25, 0.3) is 11.8 Å². The topological polar surface area (TPSA) is 190 Å². The van der Waals surface area contributed by atoms with Gasteiger partial charge in [-0.05, 0) is 66.7 Å². The van der Waals surface area contributed by atoms with Gasteiger partial charge in [0.2, 0.25) is 5.78 Å². The summed E-state index contributed by atoms with van der Waals surface area (Å²) in [5, 5.41) is 46.7. The number of ketones is 2. The Balaban J connectivity index is 1.51. The molecular weight excluding hydrogens is 554 g/mol. The molecule has 0 saturated heterocycles. The van der Waals surface area contributed by atoms with Crippen LogP contribution in [-0.4, -0.2) is 80.5 Å². The lowest BCUT2D eigenvalue weighted by Crippen LogP contribution is -2.57. The number of nitrogens with one attached hydrogen (secondary N) is 1. The fourth-order valence-corrected chi connectivity index (χ4v) is 6.69. The minimum atomic E-state index is -2.62. The first kappa shape index (κ1) is 30.0. The number of phenolic OH excluding ortho intramolecular Hbond substituents is 1. The van der Waals surface area contributed by atoms with Crippen LogP contribution in [0.5, 0.6) is 5.75 Å². The zero-order valence-electron chi connectivity index (χ0n) is 24.0. The number of carbonyl (C=O) groups excluding carboxylic acids is 4. The highest BCUT2D eigenvalue weighted by Crippen LogP contribution is 2.52. The first-order chi connectivity index (χ1) is 20.4. The summed E-state index contributed by atoms with van der Waals surface area (Å²) in [6.07, 6.45) is -0.0981. The van der Waals surface area contributed by atoms with Gasteiger partial charge in [-0.3, -0.25) is 19.2 Å². The number of hydrogen-bond donors (Lipinski definition) is 6. The van der Waals surface area contributed by atoms with E-state index in [-0.39, 0.29) is 42.1 Å². The van der Waals surface area contributed by atoms with Crippen molar-refractivity contribution in [2.75, 3.05) is 26.2 Å². The Kier molecular flexibility index (Phi) is 7.89. The predicted molar refractivity (Wildman–Crippen MR) is 156 cm³/mol. The monoisotopic (exact) mass is 589 g/mol. The molecule has 3 aliphatic rings. The van der Waals surface area contributed by atoms with Crippen LogP contribution in [0.2, 0.25) is 0 Å². The van der Waals surface area contributed by atoms with Crippen LogP contribution < -0.4 is 11.1 Å². The van der Waals surface area contributed by atoms with E-state index in [1.807, 2.05) is 0 Å². The van der Waals surface area contributed by atoms with Gasteiger partial charge in [0.15, 0.2) is 11.4 Å². The highest BCUT2D eigenvalue weighted by molar-refractivity contribution is 6.24. The van der Waals surface area contributed by atoms with Crippen molar-refractivity contribution in [2.45, 2.75) is 38.7 Å². The Morgan fingerprint density at radius 3 is 2.47 bits per heavy atom. The molecule has 11 nitrogen and oxygen atoms in total. The summed E-state index contributed by atoms with van der Waals surface area (Å²) in [4.78, 5) is 53.9. The third kappa shape index (κ3) is 4.88. The SMILES string of the molecule is CCN(CC)CCNC(=O)c1cccc(-c2ccc(O)c3c2CC2C[C@H]4CC(O)=C(C(N)=O)C(=O)[C@@]4(O)C(O)=C2C3=O)c1. The number of likely N-dealkylation sites (N-methyl/N-ethyl adjacent to an activating group) is 1. The van der Waals surface area contributed by atoms with Gasteiger partial charge in [-0.2, -0.15) is 0 Å². The van der Waals surface area contributed by atoms with Crippen LogP contribution in [0, 0.1) is 11.8 Å². The maximum Gasteiger partial charge on any atom is 0.255 e. The Morgan fingerprint density at radius 2 is 1.79 bits per heavy atom. The lowest BCUT2D eigenvalue weighted by atomic mass is 9.60. The molecule has 0 radical (unpaired) electrons. The Labute approximate surface area is 248 Å². The van der Waals surface area contributed by atoms with Crippen LogP contribution >= 0.6 is 0 Å². The van der Waals surface area contributed by atoms with Crippen LogP contribution in [0.15, 0.2) is 59.1 Å². The molecule has 5 rings (SSSR count). The fraction of sp³-hybridized carbons (Fsp3) is 0.375. The smallest absolute Gasteiger partial charge is 0.255 e. The number of aromatic hydroxyl groups is 1. The zero-order valence-corrected chi connectivity index (χ0v) is 24.0. The van der Waals surface area contributed by atoms with Gasteiger partial charge in [0, 0.05) is 36.6 Å². The molecule has 3 atom stereocenters. The first-order valence-electron chi connectivity index (χ1n) is 14.4. The van der Waals surface area contributed by atoms with E-state index < -0.39 is 52.0 Å². The summed E-state index contributed by atoms with van der Waals surface area (Å²) >= 11 is 0. The number of nitrogens with zero attached hydrogens (tertiary/aromatic N) is 1. The third-order valence-corrected chi connectivity index (χ3v) is 8.99. The maximum absolute atomic E-state index is 13.8. The molecule has 0 heterocycles. The molecule has 0 spiro atoms. The summed E-state index contributed by atoms with van der Waals surface area (Å²) < 4.78 is 0. The van der Waals surface area contributed by atoms with E-state index in [2.05, 4.69) is 24.1 Å². The van der Waals surface area contributed by atoms with E-state index in [0.29, 0.717) is 28.8 Å². The molecule has 11 heteroatoms. The third-order valence-electron chi connectivity index (χ3n) is 8.99. The number of Topliss-reactive ketones (excluding diaryl/α,β-unsaturated/α-hetero) is 2. The van der Waals surface area contributed by atoms with E-state index in [4.69, 9.17) is 5.73 Å². The maximum atomic E-state index is 13.8. The van der Waals surface area contributed by atoms with Crippen molar-refractivity contribution < 1.29 is 39.6 Å². The van der Waals surface area contributed by atoms with E-state index in [1.165, 1.54) is 6.07 Å². The van der Waals surface area contributed by atoms with Crippen LogP contribution in [0.1, 0.15) is 53.0 Å². The molecule has 0 aliphatic heterocycles. The molecule has 3 aliphatic carbocycles. The molecule has 226 valence electrons. The quantitative estimate of drug-likeness (QED) is 0.251. The molecule has 0 saturated carbocycles. The fourth-order valence-electron chi connectivity index (χ4n) is 6.69. The van der Waals surface area contributed by atoms with E-state index >= 15 is 0 Å². The molecule has 2 amide bonds. The second kappa shape index (κ2) is 11.3. The molecule has 2 aromatic carbocycles. The van der Waals surface area contributed by atoms with Crippen molar-refractivity contribution >= 4 is 23.4 Å². The Hall–Kier alpha value is -4.48. The number of allylic oxidation sites excluding steroid dienone is 2. The summed E-state index contributed by atoms with van der Waals surface area (Å²) in [6, 6.07) is 9.93. The van der Waals surface area contributed by atoms with Gasteiger partial charge in [-0.15, -0.1) is 0 Å². The number of hydrogen-bond acceptors (Lipinski definition) is 9. The lowest BCUT2D eigenvalue weighted by Gasteiger charge is -2.45. The highest BCUT2D eigenvalue weighted by Gasteiger charge is 2.59. The summed E-state index contributed by atoms with van der Waals surface area (Å²) in [5.41, 5.74) is 3.70. The second-order valence-corrected chi connectivity index (χ2v) is 11.3. The van der Waals surface area contributed by atoms with Crippen LogP contribution in [0.3, 0.4) is 0 Å². The average Bonchev–Trinajstić information content (AvgIpc) is 2.97. The molecule has 0 bridgehead atoms. The van der Waals surface area contributed by atoms with E-state index in [1.54, 1.807) is 30.3 Å². The molecule has 2 aromatic rings. The van der Waals surface area contributed by atoms with Gasteiger partial charge in [-0.1, -0.05) is 32.0 Å².